The molecule has 2 fully saturated rings. The van der Waals surface area contributed by atoms with Crippen molar-refractivity contribution in [3.05, 3.63) is 0 Å². The van der Waals surface area contributed by atoms with E-state index in [1.165, 1.54) is 45.3 Å². The normalized spacial score (nSPS) is 23.4. The molecule has 2 aliphatic rings. The average Bonchev–Trinajstić information content (AvgIpc) is 2.66. The van der Waals surface area contributed by atoms with Gasteiger partial charge in [-0.05, 0) is 65.5 Å². The number of rotatable bonds is 9. The zero-order chi connectivity index (χ0) is 19.5. The van der Waals surface area contributed by atoms with Gasteiger partial charge in [0.1, 0.15) is 0 Å². The summed E-state index contributed by atoms with van der Waals surface area (Å²) in [7, 11) is 0. The number of likely N-dealkylation sites (tertiary alicyclic amines) is 1. The second-order valence-corrected chi connectivity index (χ2v) is 8.79. The number of nitrogens with zero attached hydrogens (tertiary/aromatic N) is 3. The fraction of sp³-hybridized carbons (Fsp3) is 0.952. The maximum atomic E-state index is 5.48. The fourth-order valence-corrected chi connectivity index (χ4v) is 4.04. The lowest BCUT2D eigenvalue weighted by Crippen LogP contribution is -2.52. The molecule has 0 spiro atoms. The molecule has 2 N–H and O–H groups in total. The molecule has 2 heterocycles. The lowest BCUT2D eigenvalue weighted by Gasteiger charge is -2.39. The van der Waals surface area contributed by atoms with E-state index in [9.17, 15) is 0 Å². The number of guanidine groups is 1. The van der Waals surface area contributed by atoms with E-state index < -0.39 is 0 Å². The van der Waals surface area contributed by atoms with Crippen molar-refractivity contribution in [3.8, 4) is 0 Å². The topological polar surface area (TPSA) is 52.1 Å². The highest BCUT2D eigenvalue weighted by atomic mass is 16.5. The molecule has 0 radical (unpaired) electrons. The number of hydrogen-bond acceptors (Lipinski definition) is 4. The van der Waals surface area contributed by atoms with Gasteiger partial charge in [-0.2, -0.15) is 0 Å². The maximum Gasteiger partial charge on any atom is 0.191 e. The first kappa shape index (κ1) is 22.4. The number of ether oxygens (including phenoxy) is 1. The summed E-state index contributed by atoms with van der Waals surface area (Å²) in [6, 6.07) is 0. The number of hydrogen-bond donors (Lipinski definition) is 2. The Labute approximate surface area is 167 Å². The van der Waals surface area contributed by atoms with E-state index in [0.29, 0.717) is 0 Å². The molecule has 0 aliphatic carbocycles. The van der Waals surface area contributed by atoms with Gasteiger partial charge in [0.25, 0.3) is 0 Å². The van der Waals surface area contributed by atoms with E-state index in [1.54, 1.807) is 0 Å². The first-order chi connectivity index (χ1) is 13.0. The largest absolute Gasteiger partial charge is 0.379 e. The first-order valence-electron chi connectivity index (χ1n) is 11.1. The molecular formula is C21H43N5O. The molecule has 2 aliphatic heterocycles. The van der Waals surface area contributed by atoms with Crippen LogP contribution < -0.4 is 10.6 Å². The predicted octanol–water partition coefficient (Wildman–Crippen LogP) is 2.16. The van der Waals surface area contributed by atoms with Crippen molar-refractivity contribution >= 4 is 5.96 Å². The third-order valence-corrected chi connectivity index (χ3v) is 5.77. The Kier molecular flexibility index (Phi) is 9.87. The van der Waals surface area contributed by atoms with Gasteiger partial charge in [-0.3, -0.25) is 9.89 Å². The highest BCUT2D eigenvalue weighted by Gasteiger charge is 2.28. The molecule has 0 saturated carbocycles. The van der Waals surface area contributed by atoms with Gasteiger partial charge < -0.3 is 20.3 Å². The van der Waals surface area contributed by atoms with E-state index in [1.807, 2.05) is 0 Å². The van der Waals surface area contributed by atoms with Gasteiger partial charge >= 0.3 is 0 Å². The molecule has 1 atom stereocenters. The summed E-state index contributed by atoms with van der Waals surface area (Å²) in [4.78, 5) is 9.99. The first-order valence-corrected chi connectivity index (χ1v) is 11.1. The molecule has 2 rings (SSSR count). The highest BCUT2D eigenvalue weighted by Crippen LogP contribution is 2.17. The van der Waals surface area contributed by atoms with Crippen LogP contribution in [0.2, 0.25) is 0 Å². The molecular weight excluding hydrogens is 338 g/mol. The number of piperidine rings is 1. The summed E-state index contributed by atoms with van der Waals surface area (Å²) < 4.78 is 5.48. The predicted molar refractivity (Wildman–Crippen MR) is 115 cm³/mol. The van der Waals surface area contributed by atoms with Crippen LogP contribution in [0.15, 0.2) is 4.99 Å². The molecule has 0 bridgehead atoms. The number of unbranched alkanes of at least 4 members (excludes halogenated alkanes) is 1. The van der Waals surface area contributed by atoms with Gasteiger partial charge in [0.05, 0.1) is 19.8 Å². The van der Waals surface area contributed by atoms with Crippen LogP contribution in [-0.4, -0.2) is 86.9 Å². The third kappa shape index (κ3) is 8.36. The summed E-state index contributed by atoms with van der Waals surface area (Å²) in [5.74, 6) is 1.82. The van der Waals surface area contributed by atoms with Crippen molar-refractivity contribution in [2.24, 2.45) is 10.9 Å². The summed E-state index contributed by atoms with van der Waals surface area (Å²) in [5, 5.41) is 6.91. The molecule has 6 heteroatoms. The Morgan fingerprint density at radius 1 is 1.15 bits per heavy atom. The summed E-state index contributed by atoms with van der Waals surface area (Å²) >= 11 is 0. The van der Waals surface area contributed by atoms with Gasteiger partial charge in [0, 0.05) is 38.3 Å². The summed E-state index contributed by atoms with van der Waals surface area (Å²) in [6.45, 7) is 19.3. The van der Waals surface area contributed by atoms with Crippen LogP contribution in [0.3, 0.4) is 0 Å². The van der Waals surface area contributed by atoms with Crippen molar-refractivity contribution < 1.29 is 4.74 Å². The Morgan fingerprint density at radius 3 is 2.63 bits per heavy atom. The standard InChI is InChI=1S/C21H43N5O/c1-5-22-20(24-18-21(3,4)26-13-15-27-16-14-26)23-10-6-7-11-25-12-8-9-19(2)17-25/h19H,5-18H2,1-4H3,(H2,22,23,24). The Morgan fingerprint density at radius 2 is 1.93 bits per heavy atom. The molecule has 1 unspecified atom stereocenters. The van der Waals surface area contributed by atoms with Crippen LogP contribution in [0, 0.1) is 5.92 Å². The number of morpholine rings is 1. The monoisotopic (exact) mass is 381 g/mol. The van der Waals surface area contributed by atoms with E-state index in [4.69, 9.17) is 9.73 Å². The summed E-state index contributed by atoms with van der Waals surface area (Å²) in [6.07, 6.45) is 5.23. The van der Waals surface area contributed by atoms with Crippen LogP contribution in [-0.2, 0) is 4.74 Å². The Balaban J connectivity index is 1.68. The smallest absolute Gasteiger partial charge is 0.191 e. The second-order valence-electron chi connectivity index (χ2n) is 8.79. The van der Waals surface area contributed by atoms with E-state index >= 15 is 0 Å². The minimum Gasteiger partial charge on any atom is -0.379 e. The van der Waals surface area contributed by atoms with Crippen molar-refractivity contribution in [1.82, 2.24) is 20.4 Å². The quantitative estimate of drug-likeness (QED) is 0.364. The second kappa shape index (κ2) is 11.9. The molecule has 0 aromatic rings. The van der Waals surface area contributed by atoms with E-state index in [-0.39, 0.29) is 5.54 Å². The molecule has 27 heavy (non-hydrogen) atoms. The molecule has 6 nitrogen and oxygen atoms in total. The highest BCUT2D eigenvalue weighted by molar-refractivity contribution is 5.79. The molecule has 2 saturated heterocycles. The van der Waals surface area contributed by atoms with Crippen LogP contribution in [0.5, 0.6) is 0 Å². The van der Waals surface area contributed by atoms with Gasteiger partial charge in [0.15, 0.2) is 5.96 Å². The minimum atomic E-state index is 0.0666. The minimum absolute atomic E-state index is 0.0666. The van der Waals surface area contributed by atoms with Crippen LogP contribution in [0.1, 0.15) is 53.4 Å². The van der Waals surface area contributed by atoms with Crippen LogP contribution >= 0.6 is 0 Å². The fourth-order valence-electron chi connectivity index (χ4n) is 4.04. The zero-order valence-corrected chi connectivity index (χ0v) is 18.2. The molecule has 158 valence electrons. The van der Waals surface area contributed by atoms with E-state index in [2.05, 4.69) is 48.1 Å². The molecule has 0 amide bonds. The van der Waals surface area contributed by atoms with Crippen molar-refractivity contribution in [2.75, 3.05) is 65.6 Å². The summed E-state index contributed by atoms with van der Waals surface area (Å²) in [5.41, 5.74) is 0.0666. The SMILES string of the molecule is CCNC(=NCC(C)(C)N1CCOCC1)NCCCCN1CCCC(C)C1. The van der Waals surface area contributed by atoms with Crippen molar-refractivity contribution in [2.45, 2.75) is 58.9 Å². The van der Waals surface area contributed by atoms with Gasteiger partial charge in [-0.15, -0.1) is 0 Å². The van der Waals surface area contributed by atoms with E-state index in [0.717, 1.165) is 57.8 Å². The zero-order valence-electron chi connectivity index (χ0n) is 18.2. The van der Waals surface area contributed by atoms with Crippen LogP contribution in [0.4, 0.5) is 0 Å². The maximum absolute atomic E-state index is 5.48. The number of nitrogens with one attached hydrogen (secondary N) is 2. The number of aliphatic imine (C=N–C) groups is 1. The van der Waals surface area contributed by atoms with Gasteiger partial charge in [-0.1, -0.05) is 6.92 Å². The molecule has 0 aromatic carbocycles. The third-order valence-electron chi connectivity index (χ3n) is 5.77. The molecule has 0 aromatic heterocycles. The Hall–Kier alpha value is -0.850. The lowest BCUT2D eigenvalue weighted by atomic mass is 10.0. The Bertz CT molecular complexity index is 434. The average molecular weight is 382 g/mol. The van der Waals surface area contributed by atoms with Gasteiger partial charge in [-0.25, -0.2) is 0 Å². The lowest BCUT2D eigenvalue weighted by molar-refractivity contribution is -0.00683. The van der Waals surface area contributed by atoms with Crippen molar-refractivity contribution in [3.63, 3.8) is 0 Å². The van der Waals surface area contributed by atoms with Crippen LogP contribution in [0.25, 0.3) is 0 Å². The van der Waals surface area contributed by atoms with Gasteiger partial charge in [0.2, 0.25) is 0 Å². The van der Waals surface area contributed by atoms with Crippen molar-refractivity contribution in [1.29, 1.82) is 0 Å².